The van der Waals surface area contributed by atoms with Crippen LogP contribution in [0.1, 0.15) is 15.2 Å². The third-order valence-electron chi connectivity index (χ3n) is 2.25. The van der Waals surface area contributed by atoms with Crippen molar-refractivity contribution in [1.82, 2.24) is 10.9 Å². The van der Waals surface area contributed by atoms with Gasteiger partial charge in [-0.25, -0.2) is 4.39 Å². The van der Waals surface area contributed by atoms with Crippen molar-refractivity contribution in [2.75, 3.05) is 0 Å². The Labute approximate surface area is 108 Å². The average Bonchev–Trinajstić information content (AvgIpc) is 2.90. The minimum absolute atomic E-state index is 0.340. The number of hydrogen-bond acceptors (Lipinski definition) is 3. The van der Waals surface area contributed by atoms with Gasteiger partial charge >= 0.3 is 0 Å². The van der Waals surface area contributed by atoms with Gasteiger partial charge in [0.05, 0.1) is 10.6 Å². The number of thiophene rings is 1. The predicted octanol–water partition coefficient (Wildman–Crippen LogP) is 2.79. The van der Waals surface area contributed by atoms with Gasteiger partial charge in [0.15, 0.2) is 0 Å². The average molecular weight is 262 g/mol. The second-order valence-corrected chi connectivity index (χ2v) is 4.49. The molecule has 2 aromatic rings. The van der Waals surface area contributed by atoms with Gasteiger partial charge in [-0.05, 0) is 35.7 Å². The second-order valence-electron chi connectivity index (χ2n) is 3.54. The molecule has 1 heterocycles. The largest absolute Gasteiger partial charge is 0.298 e. The zero-order valence-electron chi connectivity index (χ0n) is 9.44. The summed E-state index contributed by atoms with van der Waals surface area (Å²) in [5.74, 6) is -0.713. The van der Waals surface area contributed by atoms with Crippen LogP contribution in [0.25, 0.3) is 5.70 Å². The van der Waals surface area contributed by atoms with E-state index in [1.807, 2.05) is 17.5 Å². The summed E-state index contributed by atoms with van der Waals surface area (Å²) in [5.41, 5.74) is 6.21. The Morgan fingerprint density at radius 3 is 2.50 bits per heavy atom. The topological polar surface area (TPSA) is 41.1 Å². The molecular weight excluding hydrogens is 251 g/mol. The molecule has 1 aromatic carbocycles. The van der Waals surface area contributed by atoms with Crippen molar-refractivity contribution in [3.05, 3.63) is 64.6 Å². The standard InChI is InChI=1S/C13H11FN2OS/c1-9(12-3-2-8-18-12)15-16-13(17)10-4-6-11(14)7-5-10/h2-8,15H,1H2,(H,16,17). The van der Waals surface area contributed by atoms with Crippen molar-refractivity contribution in [2.24, 2.45) is 0 Å². The molecule has 0 saturated heterocycles. The maximum atomic E-state index is 12.7. The molecule has 2 N–H and O–H groups in total. The van der Waals surface area contributed by atoms with Crippen LogP contribution < -0.4 is 10.9 Å². The predicted molar refractivity (Wildman–Crippen MR) is 70.4 cm³/mol. The normalized spacial score (nSPS) is 9.83. The van der Waals surface area contributed by atoms with Crippen molar-refractivity contribution in [3.8, 4) is 0 Å². The summed E-state index contributed by atoms with van der Waals surface area (Å²) < 4.78 is 12.7. The third-order valence-corrected chi connectivity index (χ3v) is 3.18. The quantitative estimate of drug-likeness (QED) is 0.832. The molecule has 1 aromatic heterocycles. The van der Waals surface area contributed by atoms with E-state index in [9.17, 15) is 9.18 Å². The molecule has 0 aliphatic rings. The molecule has 92 valence electrons. The van der Waals surface area contributed by atoms with Gasteiger partial charge in [0.2, 0.25) is 0 Å². The molecular formula is C13H11FN2OS. The molecule has 0 aliphatic heterocycles. The highest BCUT2D eigenvalue weighted by atomic mass is 32.1. The fourth-order valence-electron chi connectivity index (χ4n) is 1.32. The van der Waals surface area contributed by atoms with E-state index in [-0.39, 0.29) is 11.7 Å². The van der Waals surface area contributed by atoms with Crippen molar-refractivity contribution < 1.29 is 9.18 Å². The number of halogens is 1. The Balaban J connectivity index is 1.92. The smallest absolute Gasteiger partial charge is 0.269 e. The van der Waals surface area contributed by atoms with Crippen LogP contribution in [0.5, 0.6) is 0 Å². The number of carbonyl (C=O) groups is 1. The summed E-state index contributed by atoms with van der Waals surface area (Å²) in [7, 11) is 0. The summed E-state index contributed by atoms with van der Waals surface area (Å²) in [6.45, 7) is 3.80. The fourth-order valence-corrected chi connectivity index (χ4v) is 1.97. The molecule has 0 bridgehead atoms. The zero-order valence-corrected chi connectivity index (χ0v) is 10.3. The minimum Gasteiger partial charge on any atom is -0.298 e. The van der Waals surface area contributed by atoms with E-state index in [1.54, 1.807) is 0 Å². The van der Waals surface area contributed by atoms with Gasteiger partial charge in [-0.1, -0.05) is 12.6 Å². The first-order valence-corrected chi connectivity index (χ1v) is 6.09. The summed E-state index contributed by atoms with van der Waals surface area (Å²) in [6, 6.07) is 9.10. The van der Waals surface area contributed by atoms with Gasteiger partial charge in [-0.2, -0.15) is 0 Å². The Morgan fingerprint density at radius 2 is 1.89 bits per heavy atom. The van der Waals surface area contributed by atoms with E-state index in [0.717, 1.165) is 4.88 Å². The first-order valence-electron chi connectivity index (χ1n) is 5.21. The third kappa shape index (κ3) is 2.95. The van der Waals surface area contributed by atoms with Gasteiger partial charge in [-0.3, -0.25) is 15.6 Å². The van der Waals surface area contributed by atoms with Crippen molar-refractivity contribution in [2.45, 2.75) is 0 Å². The van der Waals surface area contributed by atoms with Crippen LogP contribution in [0.4, 0.5) is 4.39 Å². The summed E-state index contributed by atoms with van der Waals surface area (Å²) in [6.07, 6.45) is 0. The van der Waals surface area contributed by atoms with Crippen molar-refractivity contribution >= 4 is 22.9 Å². The Bertz CT molecular complexity index is 549. The van der Waals surface area contributed by atoms with Gasteiger partial charge in [0, 0.05) is 5.56 Å². The van der Waals surface area contributed by atoms with Crippen LogP contribution in [-0.2, 0) is 0 Å². The molecule has 0 aliphatic carbocycles. The van der Waals surface area contributed by atoms with Crippen molar-refractivity contribution in [3.63, 3.8) is 0 Å². The lowest BCUT2D eigenvalue weighted by Crippen LogP contribution is -2.35. The van der Waals surface area contributed by atoms with Crippen molar-refractivity contribution in [1.29, 1.82) is 0 Å². The molecule has 2 rings (SSSR count). The summed E-state index contributed by atoms with van der Waals surface area (Å²) >= 11 is 1.52. The summed E-state index contributed by atoms with van der Waals surface area (Å²) in [4.78, 5) is 12.6. The van der Waals surface area contributed by atoms with Crippen LogP contribution in [-0.4, -0.2) is 5.91 Å². The first-order chi connectivity index (χ1) is 8.66. The Hall–Kier alpha value is -2.14. The maximum Gasteiger partial charge on any atom is 0.269 e. The highest BCUT2D eigenvalue weighted by molar-refractivity contribution is 7.11. The molecule has 18 heavy (non-hydrogen) atoms. The van der Waals surface area contributed by atoms with E-state index >= 15 is 0 Å². The Morgan fingerprint density at radius 1 is 1.17 bits per heavy atom. The number of hydrogen-bond donors (Lipinski definition) is 2. The van der Waals surface area contributed by atoms with E-state index < -0.39 is 0 Å². The second kappa shape index (κ2) is 5.46. The van der Waals surface area contributed by atoms with Gasteiger partial charge in [0.1, 0.15) is 5.82 Å². The lowest BCUT2D eigenvalue weighted by atomic mass is 10.2. The van der Waals surface area contributed by atoms with E-state index in [4.69, 9.17) is 0 Å². The molecule has 0 atom stereocenters. The Kier molecular flexibility index (Phi) is 3.74. The van der Waals surface area contributed by atoms with Crippen LogP contribution in [0, 0.1) is 5.82 Å². The molecule has 0 spiro atoms. The molecule has 1 amide bonds. The number of carbonyl (C=O) groups excluding carboxylic acids is 1. The lowest BCUT2D eigenvalue weighted by molar-refractivity contribution is 0.0942. The first kappa shape index (κ1) is 12.3. The number of benzene rings is 1. The number of amides is 1. The molecule has 0 unspecified atom stereocenters. The number of hydrazine groups is 1. The monoisotopic (exact) mass is 262 g/mol. The SMILES string of the molecule is C=C(NNC(=O)c1ccc(F)cc1)c1cccs1. The van der Waals surface area contributed by atoms with Crippen LogP contribution in [0.3, 0.4) is 0 Å². The van der Waals surface area contributed by atoms with Crippen LogP contribution >= 0.6 is 11.3 Å². The van der Waals surface area contributed by atoms with Gasteiger partial charge in [-0.15, -0.1) is 11.3 Å². The minimum atomic E-state index is -0.373. The highest BCUT2D eigenvalue weighted by Gasteiger charge is 2.06. The maximum absolute atomic E-state index is 12.7. The lowest BCUT2D eigenvalue weighted by Gasteiger charge is -2.09. The number of nitrogens with one attached hydrogen (secondary N) is 2. The number of rotatable bonds is 4. The summed E-state index contributed by atoms with van der Waals surface area (Å²) in [5, 5.41) is 1.92. The molecule has 3 nitrogen and oxygen atoms in total. The molecule has 0 saturated carbocycles. The molecule has 0 fully saturated rings. The van der Waals surface area contributed by atoms with Crippen LogP contribution in [0.2, 0.25) is 0 Å². The van der Waals surface area contributed by atoms with Crippen LogP contribution in [0.15, 0.2) is 48.4 Å². The zero-order chi connectivity index (χ0) is 13.0. The van der Waals surface area contributed by atoms with Gasteiger partial charge < -0.3 is 0 Å². The molecule has 5 heteroatoms. The molecule has 0 radical (unpaired) electrons. The van der Waals surface area contributed by atoms with Gasteiger partial charge in [0.25, 0.3) is 5.91 Å². The van der Waals surface area contributed by atoms with E-state index in [1.165, 1.54) is 35.6 Å². The van der Waals surface area contributed by atoms with E-state index in [0.29, 0.717) is 11.3 Å². The van der Waals surface area contributed by atoms with E-state index in [2.05, 4.69) is 17.4 Å². The fraction of sp³-hybridized carbons (Fsp3) is 0. The highest BCUT2D eigenvalue weighted by Crippen LogP contribution is 2.15.